The molecular weight excluding hydrogens is 300 g/mol. The fourth-order valence-electron chi connectivity index (χ4n) is 3.11. The van der Waals surface area contributed by atoms with Crippen molar-refractivity contribution in [1.29, 1.82) is 5.26 Å². The Hall–Kier alpha value is -3.52. The van der Waals surface area contributed by atoms with Crippen molar-refractivity contribution in [2.45, 2.75) is 0 Å². The zero-order valence-corrected chi connectivity index (χ0v) is 13.0. The van der Waals surface area contributed by atoms with E-state index in [1.165, 1.54) is 0 Å². The van der Waals surface area contributed by atoms with E-state index < -0.39 is 0 Å². The molecule has 0 aliphatic carbocycles. The monoisotopic (exact) mass is 314 g/mol. The molecule has 2 aromatic carbocycles. The highest BCUT2D eigenvalue weighted by Crippen LogP contribution is 2.38. The molecule has 4 rings (SSSR count). The van der Waals surface area contributed by atoms with Gasteiger partial charge in [0.2, 0.25) is 5.88 Å². The molecule has 116 valence electrons. The minimum absolute atomic E-state index is 0.0970. The first-order valence-electron chi connectivity index (χ1n) is 7.47. The molecule has 0 atom stereocenters. The lowest BCUT2D eigenvalue weighted by atomic mass is 9.97. The molecule has 0 saturated carbocycles. The molecule has 2 heterocycles. The molecule has 2 aromatic heterocycles. The molecule has 0 radical (unpaired) electrons. The number of fused-ring (bicyclic) bond motifs is 2. The highest BCUT2D eigenvalue weighted by atomic mass is 16.3. The number of aromatic nitrogens is 2. The number of nitrogens with two attached hydrogens (primary N) is 1. The van der Waals surface area contributed by atoms with Gasteiger partial charge in [0.15, 0.2) is 0 Å². The average Bonchev–Trinajstić information content (AvgIpc) is 2.89. The SMILES string of the molecule is Cn1cc2nc3c(-c4ccccc4C#N)cccc3c(N)c2c1O. The van der Waals surface area contributed by atoms with Gasteiger partial charge < -0.3 is 15.4 Å². The van der Waals surface area contributed by atoms with Crippen molar-refractivity contribution in [1.82, 2.24) is 9.55 Å². The van der Waals surface area contributed by atoms with Gasteiger partial charge in [-0.05, 0) is 6.07 Å². The minimum atomic E-state index is 0.0970. The summed E-state index contributed by atoms with van der Waals surface area (Å²) in [5.74, 6) is 0.0970. The maximum atomic E-state index is 10.2. The molecule has 0 saturated heterocycles. The summed E-state index contributed by atoms with van der Waals surface area (Å²) in [4.78, 5) is 4.70. The molecule has 0 fully saturated rings. The number of aryl methyl sites for hydroxylation is 1. The largest absolute Gasteiger partial charge is 0.494 e. The fraction of sp³-hybridized carbons (Fsp3) is 0.0526. The van der Waals surface area contributed by atoms with Crippen LogP contribution in [0, 0.1) is 11.3 Å². The van der Waals surface area contributed by atoms with Crippen LogP contribution >= 0.6 is 0 Å². The van der Waals surface area contributed by atoms with Gasteiger partial charge in [-0.1, -0.05) is 36.4 Å². The topological polar surface area (TPSA) is 87.9 Å². The van der Waals surface area contributed by atoms with Crippen molar-refractivity contribution in [3.63, 3.8) is 0 Å². The lowest BCUT2D eigenvalue weighted by Gasteiger charge is -2.10. The summed E-state index contributed by atoms with van der Waals surface area (Å²) in [5.41, 5.74) is 10.4. The molecule has 0 aliphatic heterocycles. The molecule has 0 aliphatic rings. The number of pyridine rings is 1. The van der Waals surface area contributed by atoms with Crippen molar-refractivity contribution >= 4 is 27.5 Å². The van der Waals surface area contributed by atoms with Crippen LogP contribution in [0.4, 0.5) is 5.69 Å². The average molecular weight is 314 g/mol. The molecule has 3 N–H and O–H groups in total. The summed E-state index contributed by atoms with van der Waals surface area (Å²) in [6.07, 6.45) is 1.74. The Morgan fingerprint density at radius 3 is 2.67 bits per heavy atom. The Labute approximate surface area is 138 Å². The van der Waals surface area contributed by atoms with E-state index in [2.05, 4.69) is 6.07 Å². The van der Waals surface area contributed by atoms with E-state index in [0.717, 1.165) is 22.0 Å². The zero-order valence-electron chi connectivity index (χ0n) is 13.0. The summed E-state index contributed by atoms with van der Waals surface area (Å²) in [6, 6.07) is 15.3. The van der Waals surface area contributed by atoms with Gasteiger partial charge >= 0.3 is 0 Å². The summed E-state index contributed by atoms with van der Waals surface area (Å²) < 4.78 is 1.59. The normalized spacial score (nSPS) is 11.0. The highest BCUT2D eigenvalue weighted by Gasteiger charge is 2.17. The van der Waals surface area contributed by atoms with E-state index in [4.69, 9.17) is 10.7 Å². The minimum Gasteiger partial charge on any atom is -0.494 e. The third-order valence-electron chi connectivity index (χ3n) is 4.30. The Kier molecular flexibility index (Phi) is 2.94. The van der Waals surface area contributed by atoms with Crippen LogP contribution in [-0.4, -0.2) is 14.7 Å². The van der Waals surface area contributed by atoms with Gasteiger partial charge in [-0.3, -0.25) is 0 Å². The third-order valence-corrected chi connectivity index (χ3v) is 4.30. The molecule has 0 amide bonds. The maximum absolute atomic E-state index is 10.2. The first-order valence-corrected chi connectivity index (χ1v) is 7.47. The summed E-state index contributed by atoms with van der Waals surface area (Å²) in [7, 11) is 1.74. The number of hydrogen-bond acceptors (Lipinski definition) is 4. The van der Waals surface area contributed by atoms with E-state index in [1.54, 1.807) is 23.9 Å². The Morgan fingerprint density at radius 2 is 1.88 bits per heavy atom. The van der Waals surface area contributed by atoms with Gasteiger partial charge in [0, 0.05) is 29.8 Å². The summed E-state index contributed by atoms with van der Waals surface area (Å²) in [5, 5.41) is 20.9. The second-order valence-corrected chi connectivity index (χ2v) is 5.71. The Bertz CT molecular complexity index is 1150. The first kappa shape index (κ1) is 14.1. The van der Waals surface area contributed by atoms with Crippen molar-refractivity contribution in [2.75, 3.05) is 5.73 Å². The molecule has 0 unspecified atom stereocenters. The maximum Gasteiger partial charge on any atom is 0.202 e. The fourth-order valence-corrected chi connectivity index (χ4v) is 3.11. The second kappa shape index (κ2) is 5.00. The number of benzene rings is 2. The third kappa shape index (κ3) is 1.83. The van der Waals surface area contributed by atoms with Crippen molar-refractivity contribution < 1.29 is 5.11 Å². The molecule has 5 heteroatoms. The molecule has 24 heavy (non-hydrogen) atoms. The number of para-hydroxylation sites is 1. The van der Waals surface area contributed by atoms with Gasteiger partial charge in [-0.25, -0.2) is 4.98 Å². The van der Waals surface area contributed by atoms with Crippen LogP contribution in [0.25, 0.3) is 32.9 Å². The van der Waals surface area contributed by atoms with Crippen molar-refractivity contribution in [2.24, 2.45) is 7.05 Å². The highest BCUT2D eigenvalue weighted by molar-refractivity contribution is 6.12. The number of hydrogen-bond donors (Lipinski definition) is 2. The summed E-state index contributed by atoms with van der Waals surface area (Å²) >= 11 is 0. The van der Waals surface area contributed by atoms with Gasteiger partial charge in [0.25, 0.3) is 0 Å². The van der Waals surface area contributed by atoms with Crippen LogP contribution in [0.3, 0.4) is 0 Å². The number of rotatable bonds is 1. The smallest absolute Gasteiger partial charge is 0.202 e. The number of aromatic hydroxyl groups is 1. The lowest BCUT2D eigenvalue weighted by molar-refractivity contribution is 0.438. The van der Waals surface area contributed by atoms with Crippen LogP contribution in [0.15, 0.2) is 48.7 Å². The van der Waals surface area contributed by atoms with Crippen LogP contribution in [0.5, 0.6) is 5.88 Å². The van der Waals surface area contributed by atoms with E-state index in [-0.39, 0.29) is 5.88 Å². The van der Waals surface area contributed by atoms with Crippen LogP contribution in [-0.2, 0) is 7.05 Å². The van der Waals surface area contributed by atoms with Gasteiger partial charge in [-0.15, -0.1) is 0 Å². The Balaban J connectivity index is 2.16. The molecular formula is C19H14N4O. The van der Waals surface area contributed by atoms with Gasteiger partial charge in [0.05, 0.1) is 33.7 Å². The van der Waals surface area contributed by atoms with Crippen LogP contribution in [0.1, 0.15) is 5.56 Å². The number of anilines is 1. The number of nitriles is 1. The van der Waals surface area contributed by atoms with Crippen LogP contribution in [0.2, 0.25) is 0 Å². The molecule has 0 bridgehead atoms. The first-order chi connectivity index (χ1) is 11.6. The number of nitrogens with zero attached hydrogens (tertiary/aromatic N) is 3. The lowest BCUT2D eigenvalue weighted by Crippen LogP contribution is -1.94. The quantitative estimate of drug-likeness (QED) is 0.562. The molecule has 0 spiro atoms. The zero-order chi connectivity index (χ0) is 16.8. The molecule has 4 aromatic rings. The van der Waals surface area contributed by atoms with Gasteiger partial charge in [-0.2, -0.15) is 5.26 Å². The van der Waals surface area contributed by atoms with Crippen molar-refractivity contribution in [3.05, 3.63) is 54.2 Å². The second-order valence-electron chi connectivity index (χ2n) is 5.71. The van der Waals surface area contributed by atoms with E-state index in [9.17, 15) is 10.4 Å². The number of nitrogen functional groups attached to an aromatic ring is 1. The predicted molar refractivity (Wildman–Crippen MR) is 94.4 cm³/mol. The van der Waals surface area contributed by atoms with E-state index in [0.29, 0.717) is 22.2 Å². The van der Waals surface area contributed by atoms with Crippen molar-refractivity contribution in [3.8, 4) is 23.1 Å². The van der Waals surface area contributed by atoms with Crippen LogP contribution < -0.4 is 5.73 Å². The molecule has 5 nitrogen and oxygen atoms in total. The standard InChI is InChI=1S/C19H14N4O/c1-23-10-15-16(19(23)24)17(21)14-8-4-7-13(18(14)22-15)12-6-3-2-5-11(12)9-20/h2-8,10,24H,21H2,1H3. The van der Waals surface area contributed by atoms with E-state index in [1.807, 2.05) is 36.4 Å². The van der Waals surface area contributed by atoms with Gasteiger partial charge in [0.1, 0.15) is 0 Å². The van der Waals surface area contributed by atoms with E-state index >= 15 is 0 Å². The Morgan fingerprint density at radius 1 is 1.12 bits per heavy atom. The summed E-state index contributed by atoms with van der Waals surface area (Å²) in [6.45, 7) is 0. The predicted octanol–water partition coefficient (Wildman–Crippen LogP) is 3.55.